The van der Waals surface area contributed by atoms with Crippen molar-refractivity contribution < 1.29 is 19.7 Å². The van der Waals surface area contributed by atoms with Crippen molar-refractivity contribution in [1.82, 2.24) is 5.43 Å². The Morgan fingerprint density at radius 2 is 1.69 bits per heavy atom. The molecule has 0 unspecified atom stereocenters. The van der Waals surface area contributed by atoms with E-state index < -0.39 is 27.1 Å². The number of nitro benzene ring substituents is 2. The molecule has 0 bridgehead atoms. The second kappa shape index (κ2) is 8.90. The van der Waals surface area contributed by atoms with E-state index in [0.717, 1.165) is 75.3 Å². The zero-order valence-corrected chi connectivity index (χ0v) is 20.8. The van der Waals surface area contributed by atoms with E-state index in [9.17, 15) is 30.1 Å². The van der Waals surface area contributed by atoms with Crippen molar-refractivity contribution >= 4 is 23.0 Å². The maximum absolute atomic E-state index is 12.8. The van der Waals surface area contributed by atoms with Crippen molar-refractivity contribution in [2.45, 2.75) is 77.7 Å². The van der Waals surface area contributed by atoms with Crippen LogP contribution in [0, 0.1) is 54.7 Å². The molecule has 5 rings (SSSR count). The van der Waals surface area contributed by atoms with Crippen LogP contribution in [0.2, 0.25) is 0 Å². The molecule has 1 amide bonds. The summed E-state index contributed by atoms with van der Waals surface area (Å²) in [5.41, 5.74) is 2.49. The first-order valence-corrected chi connectivity index (χ1v) is 13.0. The van der Waals surface area contributed by atoms with E-state index in [4.69, 9.17) is 0 Å². The average molecular weight is 499 g/mol. The van der Waals surface area contributed by atoms with Crippen molar-refractivity contribution in [3.05, 3.63) is 44.0 Å². The number of nitro groups is 2. The van der Waals surface area contributed by atoms with Crippen LogP contribution < -0.4 is 5.43 Å². The lowest BCUT2D eigenvalue weighted by atomic mass is 9.45. The number of nitrogens with one attached hydrogen (secondary N) is 1. The molecule has 4 fully saturated rings. The number of rotatable bonds is 4. The minimum Gasteiger partial charge on any atom is -0.393 e. The van der Waals surface area contributed by atoms with Crippen LogP contribution in [-0.4, -0.2) is 32.7 Å². The van der Waals surface area contributed by atoms with Gasteiger partial charge in [-0.25, -0.2) is 5.43 Å². The third-order valence-corrected chi connectivity index (χ3v) is 10.3. The van der Waals surface area contributed by atoms with Crippen LogP contribution in [-0.2, 0) is 0 Å². The highest BCUT2D eigenvalue weighted by Crippen LogP contribution is 2.65. The number of hydrogen-bond acceptors (Lipinski definition) is 7. The predicted molar refractivity (Wildman–Crippen MR) is 132 cm³/mol. The van der Waals surface area contributed by atoms with E-state index in [1.54, 1.807) is 0 Å². The fraction of sp³-hybridized carbons (Fsp3) is 0.692. The molecule has 10 nitrogen and oxygen atoms in total. The normalized spacial score (nSPS) is 38.5. The smallest absolute Gasteiger partial charge is 0.277 e. The summed E-state index contributed by atoms with van der Waals surface area (Å²) in [4.78, 5) is 33.6. The number of aliphatic hydroxyl groups is 1. The number of benzene rings is 1. The summed E-state index contributed by atoms with van der Waals surface area (Å²) < 4.78 is 0. The Bertz CT molecular complexity index is 1110. The lowest BCUT2D eigenvalue weighted by Gasteiger charge is -2.60. The molecule has 4 saturated carbocycles. The van der Waals surface area contributed by atoms with Gasteiger partial charge >= 0.3 is 0 Å². The second-order valence-corrected chi connectivity index (χ2v) is 11.8. The van der Waals surface area contributed by atoms with Gasteiger partial charge in [0.25, 0.3) is 17.3 Å². The van der Waals surface area contributed by atoms with Crippen LogP contribution in [0.3, 0.4) is 0 Å². The van der Waals surface area contributed by atoms with Crippen molar-refractivity contribution in [3.8, 4) is 0 Å². The van der Waals surface area contributed by atoms with Crippen molar-refractivity contribution in [3.63, 3.8) is 0 Å². The Morgan fingerprint density at radius 3 is 2.36 bits per heavy atom. The van der Waals surface area contributed by atoms with E-state index in [1.807, 2.05) is 0 Å². The Hall–Kier alpha value is -2.88. The Labute approximate surface area is 209 Å². The van der Waals surface area contributed by atoms with Gasteiger partial charge in [0.2, 0.25) is 0 Å². The molecule has 0 spiro atoms. The van der Waals surface area contributed by atoms with Crippen LogP contribution >= 0.6 is 0 Å². The summed E-state index contributed by atoms with van der Waals surface area (Å²) in [5.74, 6) is 1.67. The fourth-order valence-electron chi connectivity index (χ4n) is 8.33. The number of carbonyl (C=O) groups excluding carboxylic acids is 1. The quantitative estimate of drug-likeness (QED) is 0.441. The molecule has 0 aromatic heterocycles. The molecule has 2 N–H and O–H groups in total. The highest BCUT2D eigenvalue weighted by molar-refractivity contribution is 5.98. The van der Waals surface area contributed by atoms with Crippen molar-refractivity contribution in [1.29, 1.82) is 0 Å². The van der Waals surface area contributed by atoms with Gasteiger partial charge in [0.05, 0.1) is 27.6 Å². The van der Waals surface area contributed by atoms with Crippen LogP contribution in [0.15, 0.2) is 23.3 Å². The standard InChI is InChI=1S/C26H34N4O6/c1-25-9-7-19(31)13-16(25)3-4-20-21-5-6-23(26(21,2)10-8-22(20)25)27-28-24(32)15-11-17(29(33)34)14-18(12-15)30(35)36/h11-12,14,16,19-22,31H,3-10,13H2,1-2H3,(H,28,32)/t16-,19+,20+,21+,22+,25-,26-/m0/s1. The predicted octanol–water partition coefficient (Wildman–Crippen LogP) is 4.99. The lowest BCUT2D eigenvalue weighted by molar-refractivity contribution is -0.394. The number of carbonyl (C=O) groups is 1. The number of hydrogen-bond donors (Lipinski definition) is 2. The molecular formula is C26H34N4O6. The zero-order chi connectivity index (χ0) is 25.8. The molecule has 1 aromatic carbocycles. The van der Waals surface area contributed by atoms with Crippen LogP contribution in [0.1, 0.15) is 82.0 Å². The Balaban J connectivity index is 1.34. The summed E-state index contributed by atoms with van der Waals surface area (Å²) in [7, 11) is 0. The molecular weight excluding hydrogens is 464 g/mol. The highest BCUT2D eigenvalue weighted by Gasteiger charge is 2.59. The van der Waals surface area contributed by atoms with Crippen LogP contribution in [0.25, 0.3) is 0 Å². The number of nitrogens with zero attached hydrogens (tertiary/aromatic N) is 3. The topological polar surface area (TPSA) is 148 Å². The molecule has 4 aliphatic rings. The van der Waals surface area contributed by atoms with Gasteiger partial charge in [0, 0.05) is 23.3 Å². The number of hydrazone groups is 1. The van der Waals surface area contributed by atoms with Gasteiger partial charge in [0.1, 0.15) is 0 Å². The summed E-state index contributed by atoms with van der Waals surface area (Å²) in [6, 6.07) is 2.91. The van der Waals surface area contributed by atoms with E-state index in [1.165, 1.54) is 6.42 Å². The summed E-state index contributed by atoms with van der Waals surface area (Å²) in [6.07, 6.45) is 9.03. The van der Waals surface area contributed by atoms with E-state index in [2.05, 4.69) is 24.4 Å². The molecule has 7 atom stereocenters. The SMILES string of the molecule is C[C@]12CC[C@@H](O)C[C@@H]1CC[C@H]1[C@H]2CC[C@]2(C)C(=NNC(=O)c3cc([N+](=O)[O-])cc([N+](=O)[O-])c3)CC[C@H]12. The van der Waals surface area contributed by atoms with E-state index in [0.29, 0.717) is 23.7 Å². The maximum Gasteiger partial charge on any atom is 0.277 e. The monoisotopic (exact) mass is 498 g/mol. The molecule has 0 saturated heterocycles. The molecule has 0 aliphatic heterocycles. The molecule has 36 heavy (non-hydrogen) atoms. The summed E-state index contributed by atoms with van der Waals surface area (Å²) in [5, 5.41) is 37.1. The number of non-ortho nitro benzene ring substituents is 2. The summed E-state index contributed by atoms with van der Waals surface area (Å²) in [6.45, 7) is 4.70. The average Bonchev–Trinajstić information content (AvgIpc) is 3.18. The van der Waals surface area contributed by atoms with Crippen LogP contribution in [0.4, 0.5) is 11.4 Å². The van der Waals surface area contributed by atoms with E-state index >= 15 is 0 Å². The minimum absolute atomic E-state index is 0.111. The second-order valence-electron chi connectivity index (χ2n) is 11.8. The molecule has 1 aromatic rings. The van der Waals surface area contributed by atoms with Gasteiger partial charge in [-0.05, 0) is 86.9 Å². The van der Waals surface area contributed by atoms with E-state index in [-0.39, 0.29) is 22.5 Å². The number of amides is 1. The highest BCUT2D eigenvalue weighted by atomic mass is 16.6. The van der Waals surface area contributed by atoms with Gasteiger partial charge in [-0.15, -0.1) is 0 Å². The minimum atomic E-state index is -0.751. The largest absolute Gasteiger partial charge is 0.393 e. The maximum atomic E-state index is 12.8. The third kappa shape index (κ3) is 3.99. The molecule has 0 heterocycles. The first kappa shape index (κ1) is 24.8. The fourth-order valence-corrected chi connectivity index (χ4v) is 8.33. The van der Waals surface area contributed by atoms with Gasteiger partial charge in [-0.1, -0.05) is 13.8 Å². The van der Waals surface area contributed by atoms with Crippen molar-refractivity contribution in [2.75, 3.05) is 0 Å². The van der Waals surface area contributed by atoms with Gasteiger partial charge in [-0.2, -0.15) is 5.10 Å². The summed E-state index contributed by atoms with van der Waals surface area (Å²) >= 11 is 0. The molecule has 10 heteroatoms. The van der Waals surface area contributed by atoms with Crippen LogP contribution in [0.5, 0.6) is 0 Å². The van der Waals surface area contributed by atoms with Gasteiger partial charge < -0.3 is 5.11 Å². The Kier molecular flexibility index (Phi) is 6.13. The zero-order valence-electron chi connectivity index (χ0n) is 20.8. The third-order valence-electron chi connectivity index (χ3n) is 10.3. The Morgan fingerprint density at radius 1 is 1.00 bits per heavy atom. The molecule has 194 valence electrons. The van der Waals surface area contributed by atoms with Crippen molar-refractivity contribution in [2.24, 2.45) is 39.6 Å². The van der Waals surface area contributed by atoms with Gasteiger partial charge in [0.15, 0.2) is 0 Å². The molecule has 0 radical (unpaired) electrons. The number of fused-ring (bicyclic) bond motifs is 5. The first-order valence-electron chi connectivity index (χ1n) is 13.0. The molecule has 4 aliphatic carbocycles. The van der Waals surface area contributed by atoms with Gasteiger partial charge in [-0.3, -0.25) is 25.0 Å². The lowest BCUT2D eigenvalue weighted by Crippen LogP contribution is -2.54. The number of aliphatic hydroxyl groups excluding tert-OH is 1. The first-order chi connectivity index (χ1) is 17.0.